The van der Waals surface area contributed by atoms with Crippen molar-refractivity contribution in [2.45, 2.75) is 58.2 Å². The lowest BCUT2D eigenvalue weighted by Crippen LogP contribution is -2.68. The highest BCUT2D eigenvalue weighted by atomic mass is 28.4. The minimum Gasteiger partial charge on any atom is -0.465 e. The molecule has 2 aromatic carbocycles. The molecule has 0 radical (unpaired) electrons. The van der Waals surface area contributed by atoms with Crippen molar-refractivity contribution in [1.82, 2.24) is 20.2 Å². The molecule has 43 heavy (non-hydrogen) atoms. The molecule has 230 valence electrons. The fourth-order valence-corrected chi connectivity index (χ4v) is 10.1. The first-order valence-electron chi connectivity index (χ1n) is 14.9. The summed E-state index contributed by atoms with van der Waals surface area (Å²) in [6.45, 7) is 11.4. The van der Waals surface area contributed by atoms with Crippen molar-refractivity contribution in [3.8, 4) is 0 Å². The van der Waals surface area contributed by atoms with Crippen LogP contribution in [0.1, 0.15) is 46.1 Å². The number of aromatic nitrogens is 2. The van der Waals surface area contributed by atoms with E-state index in [-0.39, 0.29) is 24.2 Å². The van der Waals surface area contributed by atoms with Gasteiger partial charge in [-0.25, -0.2) is 24.5 Å². The molecule has 0 bridgehead atoms. The van der Waals surface area contributed by atoms with E-state index in [0.29, 0.717) is 42.5 Å². The van der Waals surface area contributed by atoms with Gasteiger partial charge in [0.25, 0.3) is 8.32 Å². The average Bonchev–Trinajstić information content (AvgIpc) is 3.01. The van der Waals surface area contributed by atoms with Gasteiger partial charge in [0.05, 0.1) is 25.8 Å². The van der Waals surface area contributed by atoms with Crippen LogP contribution in [0.4, 0.5) is 15.5 Å². The Bertz CT molecular complexity index is 1280. The van der Waals surface area contributed by atoms with E-state index in [1.807, 2.05) is 19.1 Å². The van der Waals surface area contributed by atoms with Crippen LogP contribution in [0.15, 0.2) is 73.1 Å². The van der Waals surface area contributed by atoms with E-state index < -0.39 is 20.5 Å². The first-order valence-corrected chi connectivity index (χ1v) is 16.8. The Balaban J connectivity index is 1.55. The van der Waals surface area contributed by atoms with Gasteiger partial charge in [-0.2, -0.15) is 0 Å². The second-order valence-corrected chi connectivity index (χ2v) is 16.1. The first kappa shape index (κ1) is 32.1. The summed E-state index contributed by atoms with van der Waals surface area (Å²) in [5.74, 6) is 0.536. The van der Waals surface area contributed by atoms with Crippen LogP contribution >= 0.6 is 0 Å². The van der Waals surface area contributed by atoms with Gasteiger partial charge in [0.1, 0.15) is 0 Å². The molecule has 3 aromatic rings. The van der Waals surface area contributed by atoms with E-state index >= 15 is 0 Å². The predicted octanol–water partition coefficient (Wildman–Crippen LogP) is 4.25. The molecular weight excluding hydrogens is 562 g/mol. The third-order valence-corrected chi connectivity index (χ3v) is 12.7. The van der Waals surface area contributed by atoms with Crippen molar-refractivity contribution in [3.63, 3.8) is 0 Å². The minimum absolute atomic E-state index is 0.0229. The zero-order valence-electron chi connectivity index (χ0n) is 25.5. The van der Waals surface area contributed by atoms with Crippen LogP contribution in [-0.2, 0) is 15.7 Å². The summed E-state index contributed by atoms with van der Waals surface area (Å²) >= 11 is 0. The number of ether oxygens (including phenoxy) is 1. The number of carbonyl (C=O) groups excluding carboxylic acids is 1. The quantitative estimate of drug-likeness (QED) is 0.244. The molecule has 1 aliphatic heterocycles. The smallest absolute Gasteiger partial charge is 0.419 e. The van der Waals surface area contributed by atoms with Crippen molar-refractivity contribution in [3.05, 3.63) is 78.6 Å². The number of amides is 2. The Kier molecular flexibility index (Phi) is 10.9. The lowest BCUT2D eigenvalue weighted by Gasteiger charge is -2.45. The molecule has 11 heteroatoms. The molecule has 1 atom stereocenters. The fraction of sp³-hybridized carbons (Fsp3) is 0.438. The summed E-state index contributed by atoms with van der Waals surface area (Å²) < 4.78 is 12.3. The molecule has 1 unspecified atom stereocenters. The number of hydrogen-bond acceptors (Lipinski definition) is 8. The summed E-state index contributed by atoms with van der Waals surface area (Å²) in [5, 5.41) is 15.3. The van der Waals surface area contributed by atoms with Crippen LogP contribution in [-0.4, -0.2) is 79.4 Å². The van der Waals surface area contributed by atoms with Gasteiger partial charge in [0.2, 0.25) is 5.95 Å². The van der Waals surface area contributed by atoms with Crippen molar-refractivity contribution in [2.75, 3.05) is 37.7 Å². The minimum atomic E-state index is -2.73. The number of anilines is 1. The van der Waals surface area contributed by atoms with Gasteiger partial charge in [0.15, 0.2) is 0 Å². The van der Waals surface area contributed by atoms with Gasteiger partial charge in [-0.15, -0.1) is 0 Å². The van der Waals surface area contributed by atoms with Crippen LogP contribution in [0.3, 0.4) is 0 Å². The Labute approximate surface area is 255 Å². The highest BCUT2D eigenvalue weighted by molar-refractivity contribution is 6.99. The van der Waals surface area contributed by atoms with E-state index in [4.69, 9.17) is 9.16 Å². The number of hydrogen-bond donors (Lipinski definition) is 2. The number of rotatable bonds is 11. The molecule has 2 N–H and O–H groups in total. The van der Waals surface area contributed by atoms with Crippen LogP contribution in [0, 0.1) is 0 Å². The van der Waals surface area contributed by atoms with Crippen molar-refractivity contribution in [2.24, 2.45) is 0 Å². The lowest BCUT2D eigenvalue weighted by atomic mass is 10.2. The largest absolute Gasteiger partial charge is 0.465 e. The van der Waals surface area contributed by atoms with Gasteiger partial charge in [-0.05, 0) is 21.8 Å². The van der Waals surface area contributed by atoms with Crippen molar-refractivity contribution < 1.29 is 23.9 Å². The molecule has 4 rings (SSSR count). The van der Waals surface area contributed by atoms with Gasteiger partial charge in [-0.1, -0.05) is 94.8 Å². The molecule has 2 amide bonds. The Morgan fingerprint density at radius 2 is 1.65 bits per heavy atom. The Hall–Kier alpha value is -3.80. The first-order chi connectivity index (χ1) is 20.7. The number of nitrogens with one attached hydrogen (secondary N) is 1. The second-order valence-electron chi connectivity index (χ2n) is 11.8. The van der Waals surface area contributed by atoms with E-state index in [0.717, 1.165) is 13.0 Å². The summed E-state index contributed by atoms with van der Waals surface area (Å²) in [6.07, 6.45) is 2.37. The molecule has 0 spiro atoms. The number of nitrogens with zero attached hydrogens (tertiary/aromatic N) is 4. The van der Waals surface area contributed by atoms with Crippen LogP contribution in [0.2, 0.25) is 5.04 Å². The van der Waals surface area contributed by atoms with E-state index in [1.165, 1.54) is 10.4 Å². The predicted molar refractivity (Wildman–Crippen MR) is 169 cm³/mol. The SMILES string of the molecule is CCCCOC(=O)N(Cc1cnc(N2CCNCC2CO[Si](c2ccccc2)(c2ccccc2)C(C)(C)C)nc1)C(=O)O. The molecule has 1 aliphatic rings. The third-order valence-electron chi connectivity index (χ3n) is 7.72. The molecule has 1 fully saturated rings. The molecule has 2 heterocycles. The van der Waals surface area contributed by atoms with E-state index in [1.54, 1.807) is 12.4 Å². The van der Waals surface area contributed by atoms with Gasteiger partial charge >= 0.3 is 12.2 Å². The molecular formula is C32H43N5O5Si. The third kappa shape index (κ3) is 7.59. The summed E-state index contributed by atoms with van der Waals surface area (Å²) in [5.41, 5.74) is 0.494. The standard InChI is InChI=1S/C32H43N5O5Si/c1-5-6-19-41-31(40)37(30(38)39)23-25-20-34-29(35-21-25)36-18-17-33-22-26(36)24-42-43(32(2,3)4,27-13-9-7-10-14-27)28-15-11-8-12-16-28/h7-16,20-21,26,33H,5-6,17-19,22-24H2,1-4H3,(H,38,39). The summed E-state index contributed by atoms with van der Waals surface area (Å²) in [4.78, 5) is 36.0. The maximum Gasteiger partial charge on any atom is 0.419 e. The van der Waals surface area contributed by atoms with Crippen molar-refractivity contribution >= 4 is 36.8 Å². The van der Waals surface area contributed by atoms with Crippen LogP contribution in [0.5, 0.6) is 0 Å². The Morgan fingerprint density at radius 1 is 1.05 bits per heavy atom. The highest BCUT2D eigenvalue weighted by Gasteiger charge is 2.50. The molecule has 0 saturated carbocycles. The van der Waals surface area contributed by atoms with Gasteiger partial charge < -0.3 is 24.5 Å². The zero-order valence-corrected chi connectivity index (χ0v) is 26.5. The maximum atomic E-state index is 12.3. The molecule has 1 aromatic heterocycles. The monoisotopic (exact) mass is 605 g/mol. The van der Waals surface area contributed by atoms with Crippen molar-refractivity contribution in [1.29, 1.82) is 0 Å². The zero-order chi connectivity index (χ0) is 30.9. The van der Waals surface area contributed by atoms with Crippen LogP contribution in [0.25, 0.3) is 0 Å². The van der Waals surface area contributed by atoms with E-state index in [9.17, 15) is 14.7 Å². The topological polar surface area (TPSA) is 117 Å². The molecule has 1 saturated heterocycles. The number of carbonyl (C=O) groups is 2. The number of unbranched alkanes of at least 4 members (excludes halogenated alkanes) is 1. The normalized spacial score (nSPS) is 15.6. The van der Waals surface area contributed by atoms with Crippen LogP contribution < -0.4 is 20.6 Å². The summed E-state index contributed by atoms with van der Waals surface area (Å²) in [7, 11) is -2.73. The lowest BCUT2D eigenvalue weighted by molar-refractivity contribution is 0.0911. The number of piperazine rings is 1. The molecule has 10 nitrogen and oxygen atoms in total. The van der Waals surface area contributed by atoms with Gasteiger partial charge in [0, 0.05) is 37.6 Å². The summed E-state index contributed by atoms with van der Waals surface area (Å²) in [6, 6.07) is 21.1. The number of carboxylic acid groups (broad SMARTS) is 1. The van der Waals surface area contributed by atoms with Gasteiger partial charge in [-0.3, -0.25) is 0 Å². The maximum absolute atomic E-state index is 12.3. The second kappa shape index (κ2) is 14.6. The van der Waals surface area contributed by atoms with E-state index in [2.05, 4.69) is 89.5 Å². The number of imide groups is 1. The fourth-order valence-electron chi connectivity index (χ4n) is 5.51. The highest BCUT2D eigenvalue weighted by Crippen LogP contribution is 2.37. The number of benzene rings is 2. The Morgan fingerprint density at radius 3 is 2.19 bits per heavy atom. The molecule has 0 aliphatic carbocycles. The average molecular weight is 606 g/mol.